The molecule has 1 aromatic rings. The topological polar surface area (TPSA) is 58.1 Å². The second-order valence-corrected chi connectivity index (χ2v) is 5.99. The predicted molar refractivity (Wildman–Crippen MR) is 82.5 cm³/mol. The second-order valence-electron chi connectivity index (χ2n) is 4.66. The van der Waals surface area contributed by atoms with E-state index in [9.17, 15) is 4.79 Å². The third-order valence-corrected chi connectivity index (χ3v) is 4.04. The SMILES string of the molecule is CCCNC(=O)CSc1nc(Cl)cc(N2CCCC2)n1. The molecular weight excluding hydrogens is 296 g/mol. The van der Waals surface area contributed by atoms with Crippen LogP contribution in [0.25, 0.3) is 0 Å². The Bertz CT molecular complexity index is 466. The molecule has 0 radical (unpaired) electrons. The van der Waals surface area contributed by atoms with Crippen LogP contribution in [0.5, 0.6) is 0 Å². The quantitative estimate of drug-likeness (QED) is 0.496. The van der Waals surface area contributed by atoms with Gasteiger partial charge >= 0.3 is 0 Å². The molecule has 2 heterocycles. The van der Waals surface area contributed by atoms with Gasteiger partial charge in [-0.3, -0.25) is 4.79 Å². The highest BCUT2D eigenvalue weighted by molar-refractivity contribution is 7.99. The number of anilines is 1. The minimum atomic E-state index is 0.00291. The van der Waals surface area contributed by atoms with Crippen molar-refractivity contribution in [1.29, 1.82) is 0 Å². The largest absolute Gasteiger partial charge is 0.356 e. The average molecular weight is 315 g/mol. The maximum atomic E-state index is 11.6. The fourth-order valence-electron chi connectivity index (χ4n) is 2.00. The molecule has 0 unspecified atom stereocenters. The highest BCUT2D eigenvalue weighted by atomic mass is 35.5. The summed E-state index contributed by atoms with van der Waals surface area (Å²) in [5.74, 6) is 1.18. The van der Waals surface area contributed by atoms with E-state index < -0.39 is 0 Å². The Morgan fingerprint density at radius 3 is 2.90 bits per heavy atom. The van der Waals surface area contributed by atoms with Crippen molar-refractivity contribution in [3.8, 4) is 0 Å². The van der Waals surface area contributed by atoms with Gasteiger partial charge in [-0.25, -0.2) is 9.97 Å². The number of carbonyl (C=O) groups excluding carboxylic acids is 1. The lowest BCUT2D eigenvalue weighted by molar-refractivity contribution is -0.118. The van der Waals surface area contributed by atoms with E-state index in [0.717, 1.165) is 25.3 Å². The van der Waals surface area contributed by atoms with Crippen LogP contribution in [0.1, 0.15) is 26.2 Å². The first-order chi connectivity index (χ1) is 9.69. The molecule has 1 aliphatic heterocycles. The number of rotatable bonds is 6. The third kappa shape index (κ3) is 4.52. The zero-order valence-electron chi connectivity index (χ0n) is 11.6. The number of nitrogens with zero attached hydrogens (tertiary/aromatic N) is 3. The molecule has 110 valence electrons. The molecule has 0 saturated carbocycles. The fourth-order valence-corrected chi connectivity index (χ4v) is 2.91. The maximum absolute atomic E-state index is 11.6. The monoisotopic (exact) mass is 314 g/mol. The van der Waals surface area contributed by atoms with E-state index in [1.165, 1.54) is 24.6 Å². The zero-order chi connectivity index (χ0) is 14.4. The summed E-state index contributed by atoms with van der Waals surface area (Å²) in [5.41, 5.74) is 0. The van der Waals surface area contributed by atoms with Crippen LogP contribution in [-0.2, 0) is 4.79 Å². The summed E-state index contributed by atoms with van der Waals surface area (Å²) >= 11 is 7.36. The standard InChI is InChI=1S/C13H19ClN4OS/c1-2-5-15-12(19)9-20-13-16-10(14)8-11(17-13)18-6-3-4-7-18/h8H,2-7,9H2,1H3,(H,15,19). The highest BCUT2D eigenvalue weighted by Crippen LogP contribution is 2.24. The Morgan fingerprint density at radius 2 is 2.20 bits per heavy atom. The molecule has 0 spiro atoms. The molecule has 1 fully saturated rings. The minimum absolute atomic E-state index is 0.00291. The number of thioether (sulfide) groups is 1. The lowest BCUT2D eigenvalue weighted by Crippen LogP contribution is -2.25. The molecule has 1 aromatic heterocycles. The first-order valence-corrected chi connectivity index (χ1v) is 8.24. The first kappa shape index (κ1) is 15.4. The predicted octanol–water partition coefficient (Wildman–Crippen LogP) is 2.35. The van der Waals surface area contributed by atoms with Crippen molar-refractivity contribution in [2.24, 2.45) is 0 Å². The summed E-state index contributed by atoms with van der Waals surface area (Å²) < 4.78 is 0. The Morgan fingerprint density at radius 1 is 1.45 bits per heavy atom. The van der Waals surface area contributed by atoms with Crippen LogP contribution >= 0.6 is 23.4 Å². The lowest BCUT2D eigenvalue weighted by atomic mass is 10.4. The van der Waals surface area contributed by atoms with E-state index >= 15 is 0 Å². The van der Waals surface area contributed by atoms with Gasteiger partial charge in [0, 0.05) is 25.7 Å². The third-order valence-electron chi connectivity index (χ3n) is 3.00. The van der Waals surface area contributed by atoms with Gasteiger partial charge < -0.3 is 10.2 Å². The van der Waals surface area contributed by atoms with Gasteiger partial charge in [-0.15, -0.1) is 0 Å². The molecule has 0 aromatic carbocycles. The van der Waals surface area contributed by atoms with E-state index in [2.05, 4.69) is 20.2 Å². The van der Waals surface area contributed by atoms with Crippen LogP contribution in [-0.4, -0.2) is 41.3 Å². The number of aromatic nitrogens is 2. The Labute approximate surface area is 128 Å². The van der Waals surface area contributed by atoms with Crippen LogP contribution in [0.3, 0.4) is 0 Å². The molecule has 1 saturated heterocycles. The van der Waals surface area contributed by atoms with Crippen LogP contribution in [0.15, 0.2) is 11.2 Å². The Hall–Kier alpha value is -1.01. The number of nitrogens with one attached hydrogen (secondary N) is 1. The number of hydrogen-bond acceptors (Lipinski definition) is 5. The van der Waals surface area contributed by atoms with E-state index in [0.29, 0.717) is 22.6 Å². The van der Waals surface area contributed by atoms with E-state index in [-0.39, 0.29) is 5.91 Å². The lowest BCUT2D eigenvalue weighted by Gasteiger charge is -2.16. The minimum Gasteiger partial charge on any atom is -0.356 e. The van der Waals surface area contributed by atoms with Crippen molar-refractivity contribution < 1.29 is 4.79 Å². The number of amides is 1. The number of hydrogen-bond donors (Lipinski definition) is 1. The summed E-state index contributed by atoms with van der Waals surface area (Å²) in [4.78, 5) is 22.4. The van der Waals surface area contributed by atoms with E-state index in [1.807, 2.05) is 6.92 Å². The van der Waals surface area contributed by atoms with Crippen molar-refractivity contribution in [2.45, 2.75) is 31.3 Å². The molecule has 2 rings (SSSR count). The number of halogens is 1. The molecule has 7 heteroatoms. The van der Waals surface area contributed by atoms with Crippen LogP contribution in [0.4, 0.5) is 5.82 Å². The van der Waals surface area contributed by atoms with Gasteiger partial charge in [-0.2, -0.15) is 0 Å². The van der Waals surface area contributed by atoms with Crippen LogP contribution < -0.4 is 10.2 Å². The van der Waals surface area contributed by atoms with Crippen molar-refractivity contribution in [3.05, 3.63) is 11.2 Å². The van der Waals surface area contributed by atoms with Crippen molar-refractivity contribution >= 4 is 35.1 Å². The molecular formula is C13H19ClN4OS. The molecule has 0 atom stereocenters. The van der Waals surface area contributed by atoms with Gasteiger partial charge in [0.25, 0.3) is 0 Å². The normalized spacial score (nSPS) is 14.6. The van der Waals surface area contributed by atoms with Gasteiger partial charge in [0.15, 0.2) is 5.16 Å². The smallest absolute Gasteiger partial charge is 0.230 e. The van der Waals surface area contributed by atoms with Gasteiger partial charge in [0.2, 0.25) is 5.91 Å². The van der Waals surface area contributed by atoms with Gasteiger partial charge in [0.1, 0.15) is 11.0 Å². The molecule has 1 aliphatic rings. The first-order valence-electron chi connectivity index (χ1n) is 6.88. The van der Waals surface area contributed by atoms with Gasteiger partial charge in [-0.05, 0) is 19.3 Å². The fraction of sp³-hybridized carbons (Fsp3) is 0.615. The molecule has 1 amide bonds. The van der Waals surface area contributed by atoms with Crippen molar-refractivity contribution in [3.63, 3.8) is 0 Å². The summed E-state index contributed by atoms with van der Waals surface area (Å²) in [6, 6.07) is 1.79. The molecule has 1 N–H and O–H groups in total. The van der Waals surface area contributed by atoms with Crippen LogP contribution in [0.2, 0.25) is 5.15 Å². The molecule has 5 nitrogen and oxygen atoms in total. The number of carbonyl (C=O) groups is 1. The highest BCUT2D eigenvalue weighted by Gasteiger charge is 2.16. The zero-order valence-corrected chi connectivity index (χ0v) is 13.1. The molecule has 0 bridgehead atoms. The van der Waals surface area contributed by atoms with Crippen molar-refractivity contribution in [1.82, 2.24) is 15.3 Å². The van der Waals surface area contributed by atoms with E-state index in [4.69, 9.17) is 11.6 Å². The summed E-state index contributed by atoms with van der Waals surface area (Å²) in [6.07, 6.45) is 3.30. The van der Waals surface area contributed by atoms with Crippen molar-refractivity contribution in [2.75, 3.05) is 30.3 Å². The summed E-state index contributed by atoms with van der Waals surface area (Å²) in [7, 11) is 0. The van der Waals surface area contributed by atoms with E-state index in [1.54, 1.807) is 6.07 Å². The second kappa shape index (κ2) is 7.69. The van der Waals surface area contributed by atoms with Gasteiger partial charge in [0.05, 0.1) is 5.75 Å². The van der Waals surface area contributed by atoms with Crippen LogP contribution in [0, 0.1) is 0 Å². The molecule has 20 heavy (non-hydrogen) atoms. The Kier molecular flexibility index (Phi) is 5.91. The Balaban J connectivity index is 1.95. The summed E-state index contributed by atoms with van der Waals surface area (Å²) in [6.45, 7) is 4.74. The molecule has 0 aliphatic carbocycles. The average Bonchev–Trinajstić information content (AvgIpc) is 2.96. The maximum Gasteiger partial charge on any atom is 0.230 e. The van der Waals surface area contributed by atoms with Gasteiger partial charge in [-0.1, -0.05) is 30.3 Å². The summed E-state index contributed by atoms with van der Waals surface area (Å²) in [5, 5.41) is 3.82.